The minimum atomic E-state index is -1.12. The van der Waals surface area contributed by atoms with E-state index in [-0.39, 0.29) is 42.7 Å². The van der Waals surface area contributed by atoms with Gasteiger partial charge in [0.05, 0.1) is 40.3 Å². The van der Waals surface area contributed by atoms with E-state index in [1.807, 2.05) is 0 Å². The van der Waals surface area contributed by atoms with Crippen LogP contribution in [0, 0.1) is 0 Å². The Morgan fingerprint density at radius 2 is 0.862 bits per heavy atom. The minimum absolute atomic E-state index is 0.0442. The average molecular weight is 822 g/mol. The zero-order valence-corrected chi connectivity index (χ0v) is 39.0. The fourth-order valence-corrected chi connectivity index (χ4v) is 7.54. The van der Waals surface area contributed by atoms with Crippen LogP contribution in [0.1, 0.15) is 239 Å². The molecule has 0 aromatic rings. The summed E-state index contributed by atoms with van der Waals surface area (Å²) in [5, 5.41) is 11.6. The molecular weight excluding hydrogens is 727 g/mol. The second-order valence-corrected chi connectivity index (χ2v) is 18.1. The van der Waals surface area contributed by atoms with Gasteiger partial charge in [-0.15, -0.1) is 0 Å². The Bertz CT molecular complexity index is 962. The van der Waals surface area contributed by atoms with E-state index in [1.54, 1.807) is 21.1 Å². The van der Waals surface area contributed by atoms with Crippen molar-refractivity contribution < 1.29 is 38.2 Å². The number of hydrogen-bond acceptors (Lipinski definition) is 7. The van der Waals surface area contributed by atoms with Crippen LogP contribution in [0.2, 0.25) is 0 Å². The molecule has 2 atom stereocenters. The molecule has 58 heavy (non-hydrogen) atoms. The second-order valence-electron chi connectivity index (χ2n) is 18.1. The Labute approximate surface area is 359 Å². The van der Waals surface area contributed by atoms with Gasteiger partial charge in [-0.2, -0.15) is 0 Å². The maximum atomic E-state index is 12.8. The molecule has 0 aliphatic heterocycles. The summed E-state index contributed by atoms with van der Waals surface area (Å²) in [5.74, 6) is -1.73. The number of likely N-dealkylation sites (N-methyl/N-ethyl adjacent to an activating group) is 1. The Kier molecular flexibility index (Phi) is 40.4. The smallest absolute Gasteiger partial charge is 0.306 e. The maximum absolute atomic E-state index is 12.8. The molecule has 0 spiro atoms. The third kappa shape index (κ3) is 39.5. The zero-order valence-electron chi connectivity index (χ0n) is 39.0. The number of carbonyl (C=O) groups excluding carboxylic acids is 3. The number of quaternary nitrogens is 1. The molecule has 0 aromatic carbocycles. The van der Waals surface area contributed by atoms with Crippen LogP contribution in [0.3, 0.4) is 0 Å². The lowest BCUT2D eigenvalue weighted by Crippen LogP contribution is -2.55. The van der Waals surface area contributed by atoms with Crippen LogP contribution in [-0.4, -0.2) is 75.5 Å². The van der Waals surface area contributed by atoms with Gasteiger partial charge in [-0.1, -0.05) is 193 Å². The summed E-state index contributed by atoms with van der Waals surface area (Å²) >= 11 is 0. The van der Waals surface area contributed by atoms with Gasteiger partial charge in [-0.25, -0.2) is 0 Å². The van der Waals surface area contributed by atoms with Crippen molar-refractivity contribution in [3.63, 3.8) is 0 Å². The van der Waals surface area contributed by atoms with E-state index in [2.05, 4.69) is 26.0 Å². The normalized spacial score (nSPS) is 12.9. The number of aliphatic carboxylic acids is 1. The fourth-order valence-electron chi connectivity index (χ4n) is 7.54. The molecule has 8 nitrogen and oxygen atoms in total. The van der Waals surface area contributed by atoms with Crippen LogP contribution in [0.15, 0.2) is 12.2 Å². The first-order valence-electron chi connectivity index (χ1n) is 24.7. The van der Waals surface area contributed by atoms with Gasteiger partial charge < -0.3 is 28.6 Å². The van der Waals surface area contributed by atoms with E-state index in [9.17, 15) is 19.5 Å². The van der Waals surface area contributed by atoms with Crippen molar-refractivity contribution in [3.05, 3.63) is 12.2 Å². The van der Waals surface area contributed by atoms with Crippen molar-refractivity contribution in [1.82, 2.24) is 0 Å². The van der Waals surface area contributed by atoms with Crippen molar-refractivity contribution in [2.45, 2.75) is 251 Å². The zero-order chi connectivity index (χ0) is 42.8. The summed E-state index contributed by atoms with van der Waals surface area (Å²) in [6, 6.07) is -0.723. The maximum Gasteiger partial charge on any atom is 0.306 e. The van der Waals surface area contributed by atoms with Crippen LogP contribution in [0.4, 0.5) is 0 Å². The highest BCUT2D eigenvalue weighted by atomic mass is 16.6. The standard InChI is InChI=1S/C50H95NO7/c1-6-8-10-12-14-16-18-20-22-24-25-27-28-30-32-34-36-38-40-48(52)57-45-46(44-56-43-42-47(50(54)55)51(3,4)5)58-49(53)41-39-37-35-33-31-29-26-23-21-19-17-15-13-11-9-7-2/h25,27,46-47H,6-24,26,28-45H2,1-5H3/b27-25+. The van der Waals surface area contributed by atoms with Gasteiger partial charge in [0.1, 0.15) is 12.6 Å². The van der Waals surface area contributed by atoms with E-state index >= 15 is 0 Å². The van der Waals surface area contributed by atoms with E-state index in [0.717, 1.165) is 44.9 Å². The third-order valence-electron chi connectivity index (χ3n) is 11.4. The SMILES string of the molecule is CCCCCCCCCCC/C=C/CCCCCCCC(=O)OCC(COCCC(C(=O)[O-])[N+](C)(C)C)OC(=O)CCCCCCCCCCCCCCCCCC. The monoisotopic (exact) mass is 822 g/mol. The molecule has 0 fully saturated rings. The quantitative estimate of drug-likeness (QED) is 0.0261. The van der Waals surface area contributed by atoms with Gasteiger partial charge in [0.15, 0.2) is 6.10 Å². The summed E-state index contributed by atoms with van der Waals surface area (Å²) in [6.07, 6.45) is 45.2. The summed E-state index contributed by atoms with van der Waals surface area (Å²) in [5.41, 5.74) is 0. The molecule has 0 saturated heterocycles. The van der Waals surface area contributed by atoms with Gasteiger partial charge in [0, 0.05) is 19.3 Å². The van der Waals surface area contributed by atoms with Gasteiger partial charge in [-0.3, -0.25) is 9.59 Å². The largest absolute Gasteiger partial charge is 0.544 e. The number of hydrogen-bond donors (Lipinski definition) is 0. The Balaban J connectivity index is 4.25. The first kappa shape index (κ1) is 56.1. The van der Waals surface area contributed by atoms with Gasteiger partial charge >= 0.3 is 11.9 Å². The van der Waals surface area contributed by atoms with Crippen LogP contribution in [0.5, 0.6) is 0 Å². The second kappa shape index (κ2) is 41.8. The summed E-state index contributed by atoms with van der Waals surface area (Å²) in [4.78, 5) is 37.0. The number of allylic oxidation sites excluding steroid dienone is 2. The molecule has 0 saturated carbocycles. The molecule has 2 unspecified atom stereocenters. The van der Waals surface area contributed by atoms with Crippen molar-refractivity contribution in [3.8, 4) is 0 Å². The minimum Gasteiger partial charge on any atom is -0.544 e. The lowest BCUT2D eigenvalue weighted by atomic mass is 10.0. The molecule has 0 rings (SSSR count). The number of esters is 2. The number of carbonyl (C=O) groups is 3. The number of carboxylic acids is 1. The van der Waals surface area contributed by atoms with Crippen LogP contribution < -0.4 is 5.11 Å². The molecule has 342 valence electrons. The lowest BCUT2D eigenvalue weighted by molar-refractivity contribution is -0.889. The highest BCUT2D eigenvalue weighted by Gasteiger charge is 2.25. The predicted molar refractivity (Wildman–Crippen MR) is 241 cm³/mol. The van der Waals surface area contributed by atoms with Gasteiger partial charge in [0.2, 0.25) is 0 Å². The highest BCUT2D eigenvalue weighted by molar-refractivity contribution is 5.70. The van der Waals surface area contributed by atoms with E-state index in [0.29, 0.717) is 12.8 Å². The molecule has 0 amide bonds. The number of unbranched alkanes of at least 4 members (excludes halogenated alkanes) is 29. The van der Waals surface area contributed by atoms with Crippen LogP contribution >= 0.6 is 0 Å². The topological polar surface area (TPSA) is 102 Å². The first-order valence-corrected chi connectivity index (χ1v) is 24.7. The first-order chi connectivity index (χ1) is 28.1. The number of nitrogens with zero attached hydrogens (tertiary/aromatic N) is 1. The van der Waals surface area contributed by atoms with Crippen LogP contribution in [-0.2, 0) is 28.6 Å². The van der Waals surface area contributed by atoms with Crippen molar-refractivity contribution in [1.29, 1.82) is 0 Å². The van der Waals surface area contributed by atoms with Crippen molar-refractivity contribution in [2.24, 2.45) is 0 Å². The Morgan fingerprint density at radius 1 is 0.500 bits per heavy atom. The summed E-state index contributed by atoms with van der Waals surface area (Å²) < 4.78 is 17.2. The van der Waals surface area contributed by atoms with Crippen molar-refractivity contribution >= 4 is 17.9 Å². The molecule has 0 N–H and O–H groups in total. The summed E-state index contributed by atoms with van der Waals surface area (Å²) in [6.45, 7) is 4.69. The highest BCUT2D eigenvalue weighted by Crippen LogP contribution is 2.16. The molecule has 0 aromatic heterocycles. The third-order valence-corrected chi connectivity index (χ3v) is 11.4. The number of ether oxygens (including phenoxy) is 3. The lowest BCUT2D eigenvalue weighted by Gasteiger charge is -2.34. The molecule has 0 heterocycles. The molecular formula is C50H95NO7. The molecule has 0 bridgehead atoms. The Morgan fingerprint density at radius 3 is 1.24 bits per heavy atom. The van der Waals surface area contributed by atoms with Crippen LogP contribution in [0.25, 0.3) is 0 Å². The molecule has 0 aliphatic carbocycles. The predicted octanol–water partition coefficient (Wildman–Crippen LogP) is 12.5. The van der Waals surface area contributed by atoms with Gasteiger partial charge in [0.25, 0.3) is 0 Å². The Hall–Kier alpha value is -1.93. The summed E-state index contributed by atoms with van der Waals surface area (Å²) in [7, 11) is 5.42. The van der Waals surface area contributed by atoms with E-state index < -0.39 is 18.1 Å². The average Bonchev–Trinajstić information content (AvgIpc) is 3.18. The van der Waals surface area contributed by atoms with E-state index in [1.165, 1.54) is 161 Å². The van der Waals surface area contributed by atoms with Crippen molar-refractivity contribution in [2.75, 3.05) is 41.0 Å². The van der Waals surface area contributed by atoms with E-state index in [4.69, 9.17) is 14.2 Å². The number of rotatable bonds is 45. The molecule has 0 aliphatic rings. The fraction of sp³-hybridized carbons (Fsp3) is 0.900. The molecule has 0 radical (unpaired) electrons. The number of carboxylic acid groups (broad SMARTS) is 1. The molecule has 8 heteroatoms. The van der Waals surface area contributed by atoms with Gasteiger partial charge in [-0.05, 0) is 38.5 Å².